The summed E-state index contributed by atoms with van der Waals surface area (Å²) in [6, 6.07) is 2.46. The van der Waals surface area contributed by atoms with Crippen LogP contribution in [0.25, 0.3) is 0 Å². The maximum Gasteiger partial charge on any atom is 0.0904 e. The van der Waals surface area contributed by atoms with Crippen LogP contribution >= 0.6 is 0 Å². The summed E-state index contributed by atoms with van der Waals surface area (Å²) < 4.78 is 5.38. The van der Waals surface area contributed by atoms with E-state index in [1.807, 2.05) is 0 Å². The zero-order valence-electron chi connectivity index (χ0n) is 11.8. The third kappa shape index (κ3) is 2.29. The summed E-state index contributed by atoms with van der Waals surface area (Å²) in [5, 5.41) is 20.8. The van der Waals surface area contributed by atoms with Crippen molar-refractivity contribution in [3.05, 3.63) is 0 Å². The molecule has 1 saturated carbocycles. The molecule has 1 saturated heterocycles. The van der Waals surface area contributed by atoms with Crippen molar-refractivity contribution in [2.45, 2.75) is 58.5 Å². The minimum atomic E-state index is -0.841. The minimum Gasteiger partial charge on any atom is -0.388 e. The number of aliphatic hydroxyl groups is 1. The third-order valence-corrected chi connectivity index (χ3v) is 4.81. The van der Waals surface area contributed by atoms with Crippen LogP contribution in [0.15, 0.2) is 0 Å². The smallest absolute Gasteiger partial charge is 0.0904 e. The van der Waals surface area contributed by atoms with Crippen LogP contribution in [-0.2, 0) is 4.74 Å². The van der Waals surface area contributed by atoms with Gasteiger partial charge in [0.05, 0.1) is 17.1 Å². The normalized spacial score (nSPS) is 38.9. The van der Waals surface area contributed by atoms with Crippen LogP contribution in [0, 0.1) is 28.1 Å². The number of nitriles is 1. The second-order valence-electron chi connectivity index (χ2n) is 7.19. The molecule has 2 aliphatic rings. The van der Waals surface area contributed by atoms with E-state index in [1.54, 1.807) is 0 Å². The van der Waals surface area contributed by atoms with Crippen molar-refractivity contribution in [3.63, 3.8) is 0 Å². The lowest BCUT2D eigenvalue weighted by Crippen LogP contribution is -2.55. The van der Waals surface area contributed by atoms with E-state index in [2.05, 4.69) is 26.8 Å². The molecule has 0 aromatic rings. The van der Waals surface area contributed by atoms with Gasteiger partial charge in [0.2, 0.25) is 0 Å². The second kappa shape index (κ2) is 4.51. The second-order valence-corrected chi connectivity index (χ2v) is 7.19. The van der Waals surface area contributed by atoms with Crippen LogP contribution in [0.2, 0.25) is 0 Å². The Kier molecular flexibility index (Phi) is 3.46. The number of ether oxygens (including phenoxy) is 1. The molecular formula is C15H25NO2. The molecule has 3 nitrogen and oxygen atoms in total. The van der Waals surface area contributed by atoms with Crippen LogP contribution in [-0.4, -0.2) is 23.9 Å². The predicted molar refractivity (Wildman–Crippen MR) is 69.8 cm³/mol. The number of hydrogen-bond acceptors (Lipinski definition) is 3. The number of hydrogen-bond donors (Lipinski definition) is 1. The monoisotopic (exact) mass is 251 g/mol. The van der Waals surface area contributed by atoms with Gasteiger partial charge < -0.3 is 9.84 Å². The Bertz CT molecular complexity index is 352. The van der Waals surface area contributed by atoms with Gasteiger partial charge in [0.15, 0.2) is 0 Å². The molecule has 1 heterocycles. The van der Waals surface area contributed by atoms with Crippen molar-refractivity contribution in [2.75, 3.05) is 13.2 Å². The van der Waals surface area contributed by atoms with Crippen molar-refractivity contribution in [3.8, 4) is 6.07 Å². The molecule has 2 rings (SSSR count). The van der Waals surface area contributed by atoms with E-state index in [0.29, 0.717) is 32.0 Å². The molecule has 18 heavy (non-hydrogen) atoms. The molecule has 0 radical (unpaired) electrons. The third-order valence-electron chi connectivity index (χ3n) is 4.81. The van der Waals surface area contributed by atoms with E-state index in [9.17, 15) is 10.4 Å². The van der Waals surface area contributed by atoms with Crippen LogP contribution in [0.4, 0.5) is 0 Å². The fourth-order valence-electron chi connectivity index (χ4n) is 4.29. The summed E-state index contributed by atoms with van der Waals surface area (Å²) in [5.74, 6) is 0.479. The SMILES string of the molecule is CC1CC(C)(C)CC(O)(C2(C#N)CCOCC2)C1. The Hall–Kier alpha value is -0.590. The lowest BCUT2D eigenvalue weighted by Gasteiger charge is -2.53. The predicted octanol–water partition coefficient (Wildman–Crippen LogP) is 2.88. The summed E-state index contributed by atoms with van der Waals surface area (Å²) >= 11 is 0. The van der Waals surface area contributed by atoms with Gasteiger partial charge >= 0.3 is 0 Å². The Balaban J connectivity index is 2.30. The van der Waals surface area contributed by atoms with Gasteiger partial charge in [0.25, 0.3) is 0 Å². The Labute approximate surface area is 110 Å². The molecule has 2 atom stereocenters. The molecule has 2 unspecified atom stereocenters. The standard InChI is InChI=1S/C15H25NO2/c1-12-8-13(2,3)10-15(17,9-12)14(11-16)4-6-18-7-5-14/h12,17H,4-10H2,1-3H3. The van der Waals surface area contributed by atoms with Crippen LogP contribution in [0.3, 0.4) is 0 Å². The molecule has 0 bridgehead atoms. The van der Waals surface area contributed by atoms with Gasteiger partial charge in [-0.15, -0.1) is 0 Å². The molecule has 102 valence electrons. The maximum absolute atomic E-state index is 11.2. The van der Waals surface area contributed by atoms with Gasteiger partial charge in [-0.1, -0.05) is 20.8 Å². The van der Waals surface area contributed by atoms with Crippen LogP contribution in [0.5, 0.6) is 0 Å². The zero-order valence-corrected chi connectivity index (χ0v) is 11.8. The van der Waals surface area contributed by atoms with Crippen molar-refractivity contribution in [1.82, 2.24) is 0 Å². The topological polar surface area (TPSA) is 53.2 Å². The highest BCUT2D eigenvalue weighted by atomic mass is 16.5. The van der Waals surface area contributed by atoms with E-state index in [0.717, 1.165) is 19.3 Å². The lowest BCUT2D eigenvalue weighted by molar-refractivity contribution is -0.154. The first kappa shape index (κ1) is 13.8. The Morgan fingerprint density at radius 1 is 1.22 bits per heavy atom. The molecule has 0 amide bonds. The summed E-state index contributed by atoms with van der Waals surface area (Å²) in [4.78, 5) is 0. The van der Waals surface area contributed by atoms with Gasteiger partial charge in [0, 0.05) is 13.2 Å². The van der Waals surface area contributed by atoms with Crippen LogP contribution in [0.1, 0.15) is 52.9 Å². The average molecular weight is 251 g/mol. The highest BCUT2D eigenvalue weighted by Crippen LogP contribution is 2.54. The van der Waals surface area contributed by atoms with Gasteiger partial charge in [-0.2, -0.15) is 5.26 Å². The van der Waals surface area contributed by atoms with E-state index in [-0.39, 0.29) is 5.41 Å². The van der Waals surface area contributed by atoms with Crippen molar-refractivity contribution >= 4 is 0 Å². The summed E-state index contributed by atoms with van der Waals surface area (Å²) in [6.07, 6.45) is 3.96. The van der Waals surface area contributed by atoms with Crippen molar-refractivity contribution < 1.29 is 9.84 Å². The average Bonchev–Trinajstić information content (AvgIpc) is 2.26. The van der Waals surface area contributed by atoms with Gasteiger partial charge in [-0.05, 0) is 43.4 Å². The van der Waals surface area contributed by atoms with Gasteiger partial charge in [-0.3, -0.25) is 0 Å². The molecule has 0 aromatic heterocycles. The lowest BCUT2D eigenvalue weighted by atomic mass is 9.55. The molecule has 2 fully saturated rings. The number of rotatable bonds is 1. The van der Waals surface area contributed by atoms with E-state index < -0.39 is 11.0 Å². The first-order chi connectivity index (χ1) is 8.33. The summed E-state index contributed by atoms with van der Waals surface area (Å²) in [5.41, 5.74) is -1.32. The van der Waals surface area contributed by atoms with Crippen LogP contribution < -0.4 is 0 Å². The van der Waals surface area contributed by atoms with Crippen molar-refractivity contribution in [2.24, 2.45) is 16.7 Å². The minimum absolute atomic E-state index is 0.120. The van der Waals surface area contributed by atoms with E-state index in [4.69, 9.17) is 4.74 Å². The first-order valence-corrected chi connectivity index (χ1v) is 7.04. The Morgan fingerprint density at radius 3 is 2.33 bits per heavy atom. The highest BCUT2D eigenvalue weighted by Gasteiger charge is 2.56. The molecule has 0 spiro atoms. The molecule has 3 heteroatoms. The fraction of sp³-hybridized carbons (Fsp3) is 0.933. The van der Waals surface area contributed by atoms with Gasteiger partial charge in [-0.25, -0.2) is 0 Å². The molecule has 1 aliphatic heterocycles. The molecule has 1 N–H and O–H groups in total. The largest absolute Gasteiger partial charge is 0.388 e. The first-order valence-electron chi connectivity index (χ1n) is 7.04. The fourth-order valence-corrected chi connectivity index (χ4v) is 4.29. The molecule has 0 aromatic carbocycles. The number of nitrogens with zero attached hydrogens (tertiary/aromatic N) is 1. The molecule has 1 aliphatic carbocycles. The van der Waals surface area contributed by atoms with Crippen molar-refractivity contribution in [1.29, 1.82) is 5.26 Å². The Morgan fingerprint density at radius 2 is 1.83 bits per heavy atom. The summed E-state index contributed by atoms with van der Waals surface area (Å²) in [7, 11) is 0. The molecular weight excluding hydrogens is 226 g/mol. The maximum atomic E-state index is 11.2. The summed E-state index contributed by atoms with van der Waals surface area (Å²) in [6.45, 7) is 7.81. The quantitative estimate of drug-likeness (QED) is 0.779. The van der Waals surface area contributed by atoms with Gasteiger partial charge in [0.1, 0.15) is 0 Å². The zero-order chi connectivity index (χ0) is 13.4. The van der Waals surface area contributed by atoms with E-state index >= 15 is 0 Å². The van der Waals surface area contributed by atoms with E-state index in [1.165, 1.54) is 0 Å². The highest BCUT2D eigenvalue weighted by molar-refractivity contribution is 5.15.